The van der Waals surface area contributed by atoms with Crippen LogP contribution < -0.4 is 5.32 Å². The maximum atomic E-state index is 3.58. The zero-order valence-corrected chi connectivity index (χ0v) is 13.4. The van der Waals surface area contributed by atoms with Crippen LogP contribution in [-0.2, 0) is 13.0 Å². The smallest absolute Gasteiger partial charge is 0.0335 e. The zero-order chi connectivity index (χ0) is 14.9. The maximum Gasteiger partial charge on any atom is 0.0335 e. The van der Waals surface area contributed by atoms with Gasteiger partial charge in [0.15, 0.2) is 0 Å². The summed E-state index contributed by atoms with van der Waals surface area (Å²) in [5.41, 5.74) is 2.86. The van der Waals surface area contributed by atoms with Crippen molar-refractivity contribution in [1.29, 1.82) is 0 Å². The normalized spacial score (nSPS) is 12.5. The molecule has 2 heteroatoms. The van der Waals surface area contributed by atoms with E-state index in [4.69, 9.17) is 0 Å². The number of benzene rings is 1. The predicted octanol–water partition coefficient (Wildman–Crippen LogP) is 4.57. The number of hydrogen-bond acceptors (Lipinski definition) is 1. The van der Waals surface area contributed by atoms with Crippen LogP contribution in [-0.4, -0.2) is 11.1 Å². The largest absolute Gasteiger partial charge is 0.354 e. The number of nitrogens with one attached hydrogen (secondary N) is 1. The van der Waals surface area contributed by atoms with Crippen molar-refractivity contribution in [3.05, 3.63) is 59.9 Å². The first-order valence-electron chi connectivity index (χ1n) is 8.26. The fourth-order valence-electron chi connectivity index (χ4n) is 2.84. The molecule has 21 heavy (non-hydrogen) atoms. The average molecular weight is 284 g/mol. The number of aryl methyl sites for hydroxylation is 2. The van der Waals surface area contributed by atoms with Gasteiger partial charge in [0.1, 0.15) is 0 Å². The van der Waals surface area contributed by atoms with Gasteiger partial charge in [-0.2, -0.15) is 0 Å². The highest BCUT2D eigenvalue weighted by molar-refractivity contribution is 5.16. The van der Waals surface area contributed by atoms with Crippen LogP contribution in [0.4, 0.5) is 0 Å². The Morgan fingerprint density at radius 2 is 1.90 bits per heavy atom. The highest BCUT2D eigenvalue weighted by Gasteiger charge is 2.10. The van der Waals surface area contributed by atoms with Gasteiger partial charge in [-0.25, -0.2) is 0 Å². The lowest BCUT2D eigenvalue weighted by Crippen LogP contribution is -2.20. The Labute approximate surface area is 129 Å². The van der Waals surface area contributed by atoms with Gasteiger partial charge in [-0.05, 0) is 43.0 Å². The highest BCUT2D eigenvalue weighted by atomic mass is 15.0. The third kappa shape index (κ3) is 5.05. The molecular formula is C19H28N2. The summed E-state index contributed by atoms with van der Waals surface area (Å²) in [4.78, 5) is 0. The molecule has 0 fully saturated rings. The van der Waals surface area contributed by atoms with Crippen LogP contribution in [0.25, 0.3) is 0 Å². The zero-order valence-electron chi connectivity index (χ0n) is 13.4. The molecule has 1 aromatic carbocycles. The van der Waals surface area contributed by atoms with E-state index in [0.717, 1.165) is 19.5 Å². The lowest BCUT2D eigenvalue weighted by Gasteiger charge is -2.15. The van der Waals surface area contributed by atoms with Crippen molar-refractivity contribution in [1.82, 2.24) is 9.88 Å². The van der Waals surface area contributed by atoms with Crippen molar-refractivity contribution in [3.63, 3.8) is 0 Å². The maximum absolute atomic E-state index is 3.58. The average Bonchev–Trinajstić information content (AvgIpc) is 2.97. The van der Waals surface area contributed by atoms with Gasteiger partial charge in [0, 0.05) is 25.0 Å². The van der Waals surface area contributed by atoms with Gasteiger partial charge >= 0.3 is 0 Å². The Balaban J connectivity index is 1.84. The Bertz CT molecular complexity index is 495. The lowest BCUT2D eigenvalue weighted by molar-refractivity contribution is 0.507. The second-order valence-electron chi connectivity index (χ2n) is 5.67. The molecule has 0 saturated carbocycles. The van der Waals surface area contributed by atoms with Crippen molar-refractivity contribution in [2.24, 2.45) is 0 Å². The molecule has 1 aromatic heterocycles. The molecule has 0 aliphatic carbocycles. The monoisotopic (exact) mass is 284 g/mol. The summed E-state index contributed by atoms with van der Waals surface area (Å²) < 4.78 is 2.33. The minimum absolute atomic E-state index is 0.510. The molecule has 1 atom stereocenters. The Hall–Kier alpha value is -1.54. The van der Waals surface area contributed by atoms with Gasteiger partial charge in [0.25, 0.3) is 0 Å². The number of nitrogens with zero attached hydrogens (tertiary/aromatic N) is 1. The second-order valence-corrected chi connectivity index (χ2v) is 5.67. The van der Waals surface area contributed by atoms with Crippen LogP contribution in [0, 0.1) is 0 Å². The summed E-state index contributed by atoms with van der Waals surface area (Å²) in [7, 11) is 0. The van der Waals surface area contributed by atoms with E-state index < -0.39 is 0 Å². The number of aromatic nitrogens is 1. The van der Waals surface area contributed by atoms with Crippen molar-refractivity contribution in [2.75, 3.05) is 6.54 Å². The predicted molar refractivity (Wildman–Crippen MR) is 90.5 cm³/mol. The summed E-state index contributed by atoms with van der Waals surface area (Å²) in [6, 6.07) is 13.5. The van der Waals surface area contributed by atoms with E-state index in [0.29, 0.717) is 6.04 Å². The minimum Gasteiger partial charge on any atom is -0.354 e. The van der Waals surface area contributed by atoms with Crippen molar-refractivity contribution >= 4 is 0 Å². The molecule has 2 rings (SSSR count). The Morgan fingerprint density at radius 1 is 1.10 bits per heavy atom. The molecular weight excluding hydrogens is 256 g/mol. The van der Waals surface area contributed by atoms with Gasteiger partial charge in [-0.15, -0.1) is 0 Å². The van der Waals surface area contributed by atoms with Crippen LogP contribution in [0.15, 0.2) is 48.8 Å². The summed E-state index contributed by atoms with van der Waals surface area (Å²) in [5, 5.41) is 3.58. The number of rotatable bonds is 9. The minimum atomic E-state index is 0.510. The summed E-state index contributed by atoms with van der Waals surface area (Å²) in [5.74, 6) is 0. The molecule has 0 aliphatic rings. The van der Waals surface area contributed by atoms with Crippen LogP contribution in [0.1, 0.15) is 50.3 Å². The van der Waals surface area contributed by atoms with E-state index in [1.807, 2.05) is 0 Å². The summed E-state index contributed by atoms with van der Waals surface area (Å²) in [6.45, 7) is 6.56. The number of hydrogen-bond donors (Lipinski definition) is 1. The highest BCUT2D eigenvalue weighted by Crippen LogP contribution is 2.19. The van der Waals surface area contributed by atoms with Crippen LogP contribution in [0.3, 0.4) is 0 Å². The van der Waals surface area contributed by atoms with Gasteiger partial charge < -0.3 is 9.88 Å². The fraction of sp³-hybridized carbons (Fsp3) is 0.474. The molecule has 0 aliphatic heterocycles. The molecule has 0 saturated heterocycles. The molecule has 0 radical (unpaired) electrons. The second kappa shape index (κ2) is 8.68. The van der Waals surface area contributed by atoms with E-state index in [1.165, 1.54) is 30.4 Å². The molecule has 1 unspecified atom stereocenters. The fourth-order valence-corrected chi connectivity index (χ4v) is 2.84. The third-order valence-corrected chi connectivity index (χ3v) is 3.93. The first-order valence-corrected chi connectivity index (χ1v) is 8.26. The van der Waals surface area contributed by atoms with Crippen molar-refractivity contribution < 1.29 is 0 Å². The van der Waals surface area contributed by atoms with E-state index in [1.54, 1.807) is 0 Å². The Morgan fingerprint density at radius 3 is 2.62 bits per heavy atom. The summed E-state index contributed by atoms with van der Waals surface area (Å²) >= 11 is 0. The lowest BCUT2D eigenvalue weighted by atomic mass is 10.1. The molecule has 1 N–H and O–H groups in total. The molecule has 0 amide bonds. The first-order chi connectivity index (χ1) is 10.3. The molecule has 1 heterocycles. The van der Waals surface area contributed by atoms with Crippen LogP contribution >= 0.6 is 0 Å². The van der Waals surface area contributed by atoms with Gasteiger partial charge in [0.05, 0.1) is 0 Å². The van der Waals surface area contributed by atoms with Crippen molar-refractivity contribution in [3.8, 4) is 0 Å². The molecule has 0 spiro atoms. The van der Waals surface area contributed by atoms with Crippen LogP contribution in [0.2, 0.25) is 0 Å². The quantitative estimate of drug-likeness (QED) is 0.713. The van der Waals surface area contributed by atoms with Gasteiger partial charge in [0.2, 0.25) is 0 Å². The van der Waals surface area contributed by atoms with Crippen molar-refractivity contribution in [2.45, 2.75) is 52.1 Å². The standard InChI is InChI=1S/C19H28N2/c1-3-9-19(20-4-2)18-13-15-21(16-18)14-8-12-17-10-6-5-7-11-17/h5-7,10-11,13,15-16,19-20H,3-4,8-9,12,14H2,1-2H3. The molecule has 2 nitrogen and oxygen atoms in total. The van der Waals surface area contributed by atoms with Crippen LogP contribution in [0.5, 0.6) is 0 Å². The topological polar surface area (TPSA) is 17.0 Å². The van der Waals surface area contributed by atoms with Gasteiger partial charge in [-0.3, -0.25) is 0 Å². The molecule has 2 aromatic rings. The van der Waals surface area contributed by atoms with E-state index >= 15 is 0 Å². The van der Waals surface area contributed by atoms with Gasteiger partial charge in [-0.1, -0.05) is 50.6 Å². The van der Waals surface area contributed by atoms with E-state index in [2.05, 4.69) is 72.5 Å². The van der Waals surface area contributed by atoms with E-state index in [-0.39, 0.29) is 0 Å². The third-order valence-electron chi connectivity index (χ3n) is 3.93. The van der Waals surface area contributed by atoms with E-state index in [9.17, 15) is 0 Å². The summed E-state index contributed by atoms with van der Waals surface area (Å²) in [6.07, 6.45) is 9.31. The SMILES string of the molecule is CCCC(NCC)c1ccn(CCCc2ccccc2)c1. The Kier molecular flexibility index (Phi) is 6.55. The first kappa shape index (κ1) is 15.8. The molecule has 114 valence electrons. The molecule has 0 bridgehead atoms.